The van der Waals surface area contributed by atoms with Gasteiger partial charge in [0.15, 0.2) is 0 Å². The summed E-state index contributed by atoms with van der Waals surface area (Å²) >= 11 is 5.86. The molecule has 1 atom stereocenters. The van der Waals surface area contributed by atoms with Crippen LogP contribution in [-0.2, 0) is 0 Å². The summed E-state index contributed by atoms with van der Waals surface area (Å²) in [6.07, 6.45) is 2.45. The molecule has 0 aromatic heterocycles. The monoisotopic (exact) mass is 343 g/mol. The Balaban J connectivity index is 1.60. The summed E-state index contributed by atoms with van der Waals surface area (Å²) in [7, 11) is 0. The lowest BCUT2D eigenvalue weighted by Crippen LogP contribution is -2.38. The summed E-state index contributed by atoms with van der Waals surface area (Å²) in [5.41, 5.74) is 1.97. The third-order valence-electron chi connectivity index (χ3n) is 4.32. The second-order valence-corrected chi connectivity index (χ2v) is 6.45. The average molecular weight is 344 g/mol. The van der Waals surface area contributed by atoms with Crippen molar-refractivity contribution in [3.8, 4) is 0 Å². The highest BCUT2D eigenvalue weighted by atomic mass is 35.5. The molecule has 0 saturated carbocycles. The van der Waals surface area contributed by atoms with Crippen LogP contribution in [0.15, 0.2) is 54.6 Å². The first-order valence-corrected chi connectivity index (χ1v) is 8.69. The molecule has 1 fully saturated rings. The fourth-order valence-corrected chi connectivity index (χ4v) is 3.21. The van der Waals surface area contributed by atoms with E-state index in [1.807, 2.05) is 18.2 Å². The third-order valence-corrected chi connectivity index (χ3v) is 4.58. The van der Waals surface area contributed by atoms with Crippen LogP contribution in [-0.4, -0.2) is 30.6 Å². The van der Waals surface area contributed by atoms with Gasteiger partial charge in [-0.2, -0.15) is 0 Å². The van der Waals surface area contributed by atoms with Gasteiger partial charge in [0.05, 0.1) is 6.04 Å². The molecule has 5 heteroatoms. The van der Waals surface area contributed by atoms with E-state index in [9.17, 15) is 4.79 Å². The van der Waals surface area contributed by atoms with Crippen molar-refractivity contribution in [1.29, 1.82) is 0 Å². The maximum absolute atomic E-state index is 12.2. The molecule has 2 N–H and O–H groups in total. The number of amides is 2. The van der Waals surface area contributed by atoms with Crippen molar-refractivity contribution in [1.82, 2.24) is 10.2 Å². The zero-order chi connectivity index (χ0) is 16.8. The maximum atomic E-state index is 12.2. The first kappa shape index (κ1) is 16.8. The minimum atomic E-state index is -0.197. The molecular weight excluding hydrogens is 322 g/mol. The summed E-state index contributed by atoms with van der Waals surface area (Å²) in [6.45, 7) is 2.75. The van der Waals surface area contributed by atoms with Gasteiger partial charge in [-0.3, -0.25) is 4.90 Å². The summed E-state index contributed by atoms with van der Waals surface area (Å²) in [5, 5.41) is 6.49. The van der Waals surface area contributed by atoms with Crippen LogP contribution >= 0.6 is 11.6 Å². The predicted molar refractivity (Wildman–Crippen MR) is 98.5 cm³/mol. The molecule has 0 bridgehead atoms. The van der Waals surface area contributed by atoms with Crippen LogP contribution in [0.5, 0.6) is 0 Å². The fraction of sp³-hybridized carbons (Fsp3) is 0.316. The molecule has 4 nitrogen and oxygen atoms in total. The van der Waals surface area contributed by atoms with E-state index < -0.39 is 0 Å². The van der Waals surface area contributed by atoms with E-state index in [-0.39, 0.29) is 12.1 Å². The number of hydrogen-bond donors (Lipinski definition) is 2. The highest BCUT2D eigenvalue weighted by molar-refractivity contribution is 6.30. The van der Waals surface area contributed by atoms with Crippen LogP contribution in [0, 0.1) is 0 Å². The van der Waals surface area contributed by atoms with Gasteiger partial charge < -0.3 is 10.6 Å². The highest BCUT2D eigenvalue weighted by Crippen LogP contribution is 2.24. The lowest BCUT2D eigenvalue weighted by atomic mass is 10.1. The van der Waals surface area contributed by atoms with Gasteiger partial charge in [-0.1, -0.05) is 41.9 Å². The van der Waals surface area contributed by atoms with Gasteiger partial charge in [0.2, 0.25) is 0 Å². The van der Waals surface area contributed by atoms with Crippen molar-refractivity contribution >= 4 is 23.3 Å². The molecule has 1 aliphatic rings. The van der Waals surface area contributed by atoms with Crippen LogP contribution < -0.4 is 10.6 Å². The van der Waals surface area contributed by atoms with Gasteiger partial charge in [0, 0.05) is 17.3 Å². The predicted octanol–water partition coefficient (Wildman–Crippen LogP) is 4.30. The van der Waals surface area contributed by atoms with Crippen molar-refractivity contribution in [2.24, 2.45) is 0 Å². The highest BCUT2D eigenvalue weighted by Gasteiger charge is 2.23. The molecule has 3 rings (SSSR count). The lowest BCUT2D eigenvalue weighted by Gasteiger charge is -2.28. The van der Waals surface area contributed by atoms with E-state index in [4.69, 9.17) is 11.6 Å². The Morgan fingerprint density at radius 1 is 1.04 bits per heavy atom. The summed E-state index contributed by atoms with van der Waals surface area (Å²) in [5.74, 6) is 0. The molecule has 0 aliphatic carbocycles. The molecule has 0 radical (unpaired) electrons. The van der Waals surface area contributed by atoms with Gasteiger partial charge in [-0.15, -0.1) is 0 Å². The van der Waals surface area contributed by atoms with E-state index in [1.54, 1.807) is 24.3 Å². The zero-order valence-corrected chi connectivity index (χ0v) is 14.3. The molecule has 2 aromatic rings. The number of nitrogens with zero attached hydrogens (tertiary/aromatic N) is 1. The maximum Gasteiger partial charge on any atom is 0.319 e. The molecule has 0 spiro atoms. The number of carbonyl (C=O) groups excluding carboxylic acids is 1. The van der Waals surface area contributed by atoms with E-state index in [0.717, 1.165) is 18.8 Å². The molecule has 1 aliphatic heterocycles. The molecule has 1 heterocycles. The number of likely N-dealkylation sites (tertiary alicyclic amines) is 1. The Labute approximate surface area is 147 Å². The van der Waals surface area contributed by atoms with Gasteiger partial charge in [0.1, 0.15) is 0 Å². The number of urea groups is 1. The Hall–Kier alpha value is -2.04. The van der Waals surface area contributed by atoms with E-state index in [2.05, 4.69) is 27.7 Å². The van der Waals surface area contributed by atoms with Crippen LogP contribution in [0.4, 0.5) is 10.5 Å². The van der Waals surface area contributed by atoms with Crippen LogP contribution in [0.1, 0.15) is 24.4 Å². The average Bonchev–Trinajstić information content (AvgIpc) is 3.12. The van der Waals surface area contributed by atoms with Crippen molar-refractivity contribution in [2.45, 2.75) is 18.9 Å². The van der Waals surface area contributed by atoms with Gasteiger partial charge >= 0.3 is 6.03 Å². The van der Waals surface area contributed by atoms with Gasteiger partial charge in [0.25, 0.3) is 0 Å². The lowest BCUT2D eigenvalue weighted by molar-refractivity contribution is 0.227. The van der Waals surface area contributed by atoms with E-state index in [0.29, 0.717) is 11.6 Å². The summed E-state index contributed by atoms with van der Waals surface area (Å²) in [6, 6.07) is 17.5. The molecule has 2 amide bonds. The van der Waals surface area contributed by atoms with Crippen molar-refractivity contribution in [3.63, 3.8) is 0 Å². The number of benzene rings is 2. The summed E-state index contributed by atoms with van der Waals surface area (Å²) in [4.78, 5) is 14.6. The summed E-state index contributed by atoms with van der Waals surface area (Å²) < 4.78 is 0. The molecule has 1 saturated heterocycles. The Morgan fingerprint density at radius 3 is 2.38 bits per heavy atom. The molecule has 0 unspecified atom stereocenters. The number of nitrogens with one attached hydrogen (secondary N) is 2. The first-order valence-electron chi connectivity index (χ1n) is 8.32. The van der Waals surface area contributed by atoms with Crippen molar-refractivity contribution < 1.29 is 4.79 Å². The molecule has 126 valence electrons. The number of hydrogen-bond acceptors (Lipinski definition) is 2. The second kappa shape index (κ2) is 8.18. The molecule has 24 heavy (non-hydrogen) atoms. The van der Waals surface area contributed by atoms with Crippen LogP contribution in [0.3, 0.4) is 0 Å². The van der Waals surface area contributed by atoms with Crippen molar-refractivity contribution in [2.75, 3.05) is 25.0 Å². The minimum Gasteiger partial charge on any atom is -0.336 e. The minimum absolute atomic E-state index is 0.197. The number of rotatable bonds is 5. The Bertz CT molecular complexity index is 654. The van der Waals surface area contributed by atoms with Gasteiger partial charge in [-0.25, -0.2) is 4.79 Å². The zero-order valence-electron chi connectivity index (χ0n) is 13.5. The van der Waals surface area contributed by atoms with E-state index in [1.165, 1.54) is 18.4 Å². The molecule has 2 aromatic carbocycles. The second-order valence-electron chi connectivity index (χ2n) is 6.01. The van der Waals surface area contributed by atoms with E-state index >= 15 is 0 Å². The Kier molecular flexibility index (Phi) is 5.72. The topological polar surface area (TPSA) is 44.4 Å². The largest absolute Gasteiger partial charge is 0.336 e. The Morgan fingerprint density at radius 2 is 1.71 bits per heavy atom. The van der Waals surface area contributed by atoms with Crippen LogP contribution in [0.2, 0.25) is 5.02 Å². The molecular formula is C19H22ClN3O. The quantitative estimate of drug-likeness (QED) is 0.850. The number of halogens is 1. The van der Waals surface area contributed by atoms with Crippen LogP contribution in [0.25, 0.3) is 0 Å². The first-order chi connectivity index (χ1) is 11.7. The standard InChI is InChI=1S/C19H22ClN3O/c20-16-8-10-17(11-9-16)22-19(24)21-14-18(23-12-4-5-13-23)15-6-2-1-3-7-15/h1-3,6-11,18H,4-5,12-14H2,(H2,21,22,24)/t18-/m0/s1. The fourth-order valence-electron chi connectivity index (χ4n) is 3.08. The smallest absolute Gasteiger partial charge is 0.319 e. The number of carbonyl (C=O) groups is 1. The van der Waals surface area contributed by atoms with Gasteiger partial charge in [-0.05, 0) is 55.8 Å². The van der Waals surface area contributed by atoms with Crippen molar-refractivity contribution in [3.05, 3.63) is 65.2 Å². The SMILES string of the molecule is O=C(NC[C@@H](c1ccccc1)N1CCCC1)Nc1ccc(Cl)cc1. The number of anilines is 1. The normalized spacial score (nSPS) is 15.9. The third kappa shape index (κ3) is 4.49.